The van der Waals surface area contributed by atoms with Crippen molar-refractivity contribution in [2.24, 2.45) is 5.92 Å². The number of carbonyl (C=O) groups excluding carboxylic acids is 1. The fourth-order valence-electron chi connectivity index (χ4n) is 1.45. The van der Waals surface area contributed by atoms with Crippen molar-refractivity contribution in [3.8, 4) is 5.75 Å². The molecule has 1 aromatic carbocycles. The summed E-state index contributed by atoms with van der Waals surface area (Å²) in [5.74, 6) is 1.81. The Labute approximate surface area is 156 Å². The van der Waals surface area contributed by atoms with Gasteiger partial charge in [0.15, 0.2) is 10.9 Å². The van der Waals surface area contributed by atoms with Gasteiger partial charge in [-0.05, 0) is 40.0 Å². The molecule has 1 amide bonds. The zero-order valence-corrected chi connectivity index (χ0v) is 16.5. The smallest absolute Gasteiger partial charge is 0.264 e. The first-order chi connectivity index (χ1) is 10.9. The molecule has 0 saturated heterocycles. The van der Waals surface area contributed by atoms with E-state index in [1.165, 1.54) is 11.3 Å². The van der Waals surface area contributed by atoms with Gasteiger partial charge >= 0.3 is 0 Å². The molecular weight excluding hydrogens is 422 g/mol. The van der Waals surface area contributed by atoms with E-state index in [2.05, 4.69) is 45.3 Å². The van der Waals surface area contributed by atoms with Crippen molar-refractivity contribution in [3.05, 3.63) is 27.7 Å². The van der Waals surface area contributed by atoms with Crippen LogP contribution in [0.5, 0.6) is 5.75 Å². The minimum atomic E-state index is -0.289. The molecule has 0 aliphatic heterocycles. The van der Waals surface area contributed by atoms with E-state index in [1.54, 1.807) is 30.0 Å². The predicted octanol–water partition coefficient (Wildman–Crippen LogP) is 4.72. The second-order valence-corrected chi connectivity index (χ2v) is 8.52. The number of anilines is 1. The van der Waals surface area contributed by atoms with Crippen LogP contribution in [-0.2, 0) is 4.79 Å². The molecular formula is C14H15BrClN3O2S2. The Kier molecular flexibility index (Phi) is 7.13. The Bertz CT molecular complexity index is 682. The second kappa shape index (κ2) is 8.86. The van der Waals surface area contributed by atoms with Gasteiger partial charge in [-0.2, -0.15) is 0 Å². The highest BCUT2D eigenvalue weighted by atomic mass is 79.9. The molecule has 0 atom stereocenters. The van der Waals surface area contributed by atoms with Gasteiger partial charge in [-0.25, -0.2) is 0 Å². The molecule has 0 spiro atoms. The van der Waals surface area contributed by atoms with Gasteiger partial charge in [-0.1, -0.05) is 48.5 Å². The third kappa shape index (κ3) is 6.29. The zero-order valence-electron chi connectivity index (χ0n) is 12.5. The van der Waals surface area contributed by atoms with Gasteiger partial charge in [0.1, 0.15) is 5.75 Å². The van der Waals surface area contributed by atoms with Crippen LogP contribution in [0.3, 0.4) is 0 Å². The molecule has 1 heterocycles. The number of rotatable bonds is 7. The minimum Gasteiger partial charge on any atom is -0.483 e. The van der Waals surface area contributed by atoms with E-state index in [4.69, 9.17) is 16.3 Å². The predicted molar refractivity (Wildman–Crippen MR) is 98.7 cm³/mol. The van der Waals surface area contributed by atoms with Crippen LogP contribution in [0, 0.1) is 5.92 Å². The standard InChI is InChI=1S/C14H15BrClN3O2S2/c1-8(2)7-22-14-19-18-13(23-14)17-12(20)6-21-11-4-3-9(16)5-10(11)15/h3-5,8H,6-7H2,1-2H3,(H,17,18,20). The van der Waals surface area contributed by atoms with Gasteiger partial charge in [0.2, 0.25) is 5.13 Å². The SMILES string of the molecule is CC(C)CSc1nnc(NC(=O)COc2ccc(Cl)cc2Br)s1. The first-order valence-electron chi connectivity index (χ1n) is 6.78. The topological polar surface area (TPSA) is 64.1 Å². The summed E-state index contributed by atoms with van der Waals surface area (Å²) in [4.78, 5) is 11.9. The summed E-state index contributed by atoms with van der Waals surface area (Å²) >= 11 is 12.2. The highest BCUT2D eigenvalue weighted by molar-refractivity contribution is 9.10. The maximum atomic E-state index is 11.9. The third-order valence-electron chi connectivity index (χ3n) is 2.45. The van der Waals surface area contributed by atoms with E-state index in [0.717, 1.165) is 10.1 Å². The Hall–Kier alpha value is -0.830. The number of amides is 1. The molecule has 124 valence electrons. The molecule has 0 fully saturated rings. The second-order valence-electron chi connectivity index (χ2n) is 4.99. The first kappa shape index (κ1) is 18.5. The van der Waals surface area contributed by atoms with Crippen molar-refractivity contribution in [1.82, 2.24) is 10.2 Å². The van der Waals surface area contributed by atoms with Crippen molar-refractivity contribution in [3.63, 3.8) is 0 Å². The number of carbonyl (C=O) groups is 1. The largest absolute Gasteiger partial charge is 0.483 e. The molecule has 2 aromatic rings. The van der Waals surface area contributed by atoms with Crippen molar-refractivity contribution in [1.29, 1.82) is 0 Å². The molecule has 0 saturated carbocycles. The summed E-state index contributed by atoms with van der Waals surface area (Å²) in [6.07, 6.45) is 0. The number of halogens is 2. The van der Waals surface area contributed by atoms with Crippen LogP contribution in [0.2, 0.25) is 5.02 Å². The molecule has 0 unspecified atom stereocenters. The van der Waals surface area contributed by atoms with Gasteiger partial charge < -0.3 is 4.74 Å². The highest BCUT2D eigenvalue weighted by Gasteiger charge is 2.11. The van der Waals surface area contributed by atoms with E-state index in [1.807, 2.05) is 0 Å². The number of thioether (sulfide) groups is 1. The van der Waals surface area contributed by atoms with E-state index < -0.39 is 0 Å². The van der Waals surface area contributed by atoms with Crippen molar-refractivity contribution in [2.45, 2.75) is 18.2 Å². The summed E-state index contributed by atoms with van der Waals surface area (Å²) in [5, 5.41) is 11.7. The quantitative estimate of drug-likeness (QED) is 0.502. The number of nitrogens with one attached hydrogen (secondary N) is 1. The molecule has 1 aromatic heterocycles. The van der Waals surface area contributed by atoms with E-state index in [9.17, 15) is 4.79 Å². The van der Waals surface area contributed by atoms with Crippen molar-refractivity contribution in [2.75, 3.05) is 17.7 Å². The normalized spacial score (nSPS) is 10.8. The summed E-state index contributed by atoms with van der Waals surface area (Å²) in [6.45, 7) is 4.17. The lowest BCUT2D eigenvalue weighted by Crippen LogP contribution is -2.20. The van der Waals surface area contributed by atoms with Crippen LogP contribution in [-0.4, -0.2) is 28.5 Å². The van der Waals surface area contributed by atoms with Crippen LogP contribution < -0.4 is 10.1 Å². The molecule has 1 N–H and O–H groups in total. The number of hydrogen-bond donors (Lipinski definition) is 1. The molecule has 0 radical (unpaired) electrons. The summed E-state index contributed by atoms with van der Waals surface area (Å²) in [7, 11) is 0. The molecule has 0 bridgehead atoms. The van der Waals surface area contributed by atoms with Crippen molar-refractivity contribution >= 4 is 61.7 Å². The third-order valence-corrected chi connectivity index (χ3v) is 5.70. The number of nitrogens with zero attached hydrogens (tertiary/aromatic N) is 2. The lowest BCUT2D eigenvalue weighted by molar-refractivity contribution is -0.118. The van der Waals surface area contributed by atoms with Crippen molar-refractivity contribution < 1.29 is 9.53 Å². The maximum absolute atomic E-state index is 11.9. The van der Waals surface area contributed by atoms with Crippen LogP contribution >= 0.6 is 50.6 Å². The van der Waals surface area contributed by atoms with Crippen LogP contribution in [0.4, 0.5) is 5.13 Å². The molecule has 0 aliphatic carbocycles. The summed E-state index contributed by atoms with van der Waals surface area (Å²) < 4.78 is 6.98. The van der Waals surface area contributed by atoms with Gasteiger partial charge in [0, 0.05) is 10.8 Å². The Balaban J connectivity index is 1.82. The molecule has 2 rings (SSSR count). The number of ether oxygens (including phenoxy) is 1. The Morgan fingerprint density at radius 3 is 2.96 bits per heavy atom. The average Bonchev–Trinajstić information content (AvgIpc) is 2.91. The van der Waals surface area contributed by atoms with Crippen LogP contribution in [0.1, 0.15) is 13.8 Å². The van der Waals surface area contributed by atoms with Gasteiger partial charge in [0.25, 0.3) is 5.91 Å². The number of benzene rings is 1. The first-order valence-corrected chi connectivity index (χ1v) is 9.75. The summed E-state index contributed by atoms with van der Waals surface area (Å²) in [6, 6.07) is 5.10. The van der Waals surface area contributed by atoms with E-state index in [0.29, 0.717) is 26.3 Å². The number of hydrogen-bond acceptors (Lipinski definition) is 6. The summed E-state index contributed by atoms with van der Waals surface area (Å²) in [5.41, 5.74) is 0. The van der Waals surface area contributed by atoms with E-state index >= 15 is 0 Å². The minimum absolute atomic E-state index is 0.117. The molecule has 0 aliphatic rings. The zero-order chi connectivity index (χ0) is 16.8. The highest BCUT2D eigenvalue weighted by Crippen LogP contribution is 2.28. The van der Waals surface area contributed by atoms with Gasteiger partial charge in [-0.3, -0.25) is 10.1 Å². The molecule has 5 nitrogen and oxygen atoms in total. The molecule has 23 heavy (non-hydrogen) atoms. The lowest BCUT2D eigenvalue weighted by atomic mass is 10.3. The van der Waals surface area contributed by atoms with Gasteiger partial charge in [-0.15, -0.1) is 10.2 Å². The Morgan fingerprint density at radius 1 is 1.48 bits per heavy atom. The van der Waals surface area contributed by atoms with Crippen LogP contribution in [0.25, 0.3) is 0 Å². The Morgan fingerprint density at radius 2 is 2.26 bits per heavy atom. The van der Waals surface area contributed by atoms with Crippen LogP contribution in [0.15, 0.2) is 27.0 Å². The monoisotopic (exact) mass is 435 g/mol. The fourth-order valence-corrected chi connectivity index (χ4v) is 3.99. The fraction of sp³-hybridized carbons (Fsp3) is 0.357. The average molecular weight is 437 g/mol. The van der Waals surface area contributed by atoms with Gasteiger partial charge in [0.05, 0.1) is 4.47 Å². The maximum Gasteiger partial charge on any atom is 0.264 e. The number of aromatic nitrogens is 2. The van der Waals surface area contributed by atoms with E-state index in [-0.39, 0.29) is 12.5 Å². The molecule has 9 heteroatoms. The lowest BCUT2D eigenvalue weighted by Gasteiger charge is -2.07.